The molecule has 0 heterocycles. The van der Waals surface area contributed by atoms with Gasteiger partial charge in [0.05, 0.1) is 12.3 Å². The Bertz CT molecular complexity index is 234. The summed E-state index contributed by atoms with van der Waals surface area (Å²) in [5.41, 5.74) is 4.89. The Labute approximate surface area is 66.0 Å². The second-order valence-corrected chi connectivity index (χ2v) is 4.03. The first kappa shape index (κ1) is 10.4. The van der Waals surface area contributed by atoms with Crippen LogP contribution in [0, 0.1) is 0 Å². The summed E-state index contributed by atoms with van der Waals surface area (Å²) in [5, 5.41) is 0. The van der Waals surface area contributed by atoms with Crippen LogP contribution in [0.4, 0.5) is 0 Å². The molecule has 6 heteroatoms. The molecule has 0 aliphatic heterocycles. The minimum atomic E-state index is -3.33. The molecule has 0 rings (SSSR count). The molecule has 66 valence electrons. The van der Waals surface area contributed by atoms with Crippen LogP contribution in [0.3, 0.4) is 0 Å². The van der Waals surface area contributed by atoms with Crippen LogP contribution < -0.4 is 10.5 Å². The number of hydrogen-bond acceptors (Lipinski definition) is 3. The summed E-state index contributed by atoms with van der Waals surface area (Å²) >= 11 is 0. The summed E-state index contributed by atoms with van der Waals surface area (Å²) in [6, 6.07) is -0.787. The minimum Gasteiger partial charge on any atom is -0.368 e. The molecule has 0 unspecified atom stereocenters. The summed E-state index contributed by atoms with van der Waals surface area (Å²) in [7, 11) is -3.33. The fourth-order valence-electron chi connectivity index (χ4n) is 0.601. The van der Waals surface area contributed by atoms with Gasteiger partial charge in [-0.15, -0.1) is 0 Å². The standard InChI is InChI=1S/C5H12N2O3S/c1-3-4(5(6)8)7-11(2,9)10/h4,7H,3H2,1-2H3,(H2,6,8)/t4-/m0/s1. The predicted molar refractivity (Wildman–Crippen MR) is 41.3 cm³/mol. The Morgan fingerprint density at radius 1 is 1.64 bits per heavy atom. The summed E-state index contributed by atoms with van der Waals surface area (Å²) in [4.78, 5) is 10.5. The van der Waals surface area contributed by atoms with E-state index in [1.54, 1.807) is 6.92 Å². The molecule has 0 aromatic carbocycles. The van der Waals surface area contributed by atoms with E-state index in [2.05, 4.69) is 4.72 Å². The third kappa shape index (κ3) is 4.74. The van der Waals surface area contributed by atoms with E-state index < -0.39 is 22.0 Å². The van der Waals surface area contributed by atoms with Gasteiger partial charge in [0.25, 0.3) is 0 Å². The number of hydrogen-bond donors (Lipinski definition) is 2. The monoisotopic (exact) mass is 180 g/mol. The molecule has 3 N–H and O–H groups in total. The van der Waals surface area contributed by atoms with Crippen LogP contribution in [0.1, 0.15) is 13.3 Å². The van der Waals surface area contributed by atoms with Gasteiger partial charge < -0.3 is 5.73 Å². The number of rotatable bonds is 4. The van der Waals surface area contributed by atoms with Crippen molar-refractivity contribution in [3.8, 4) is 0 Å². The predicted octanol–water partition coefficient (Wildman–Crippen LogP) is -1.20. The smallest absolute Gasteiger partial charge is 0.235 e. The molecule has 0 aromatic heterocycles. The number of nitrogens with one attached hydrogen (secondary N) is 1. The fraction of sp³-hybridized carbons (Fsp3) is 0.800. The fourth-order valence-corrected chi connectivity index (χ4v) is 1.40. The van der Waals surface area contributed by atoms with E-state index in [-0.39, 0.29) is 0 Å². The molecule has 1 atom stereocenters. The normalized spacial score (nSPS) is 14.4. The maximum Gasteiger partial charge on any atom is 0.235 e. The average molecular weight is 180 g/mol. The number of sulfonamides is 1. The van der Waals surface area contributed by atoms with Crippen molar-refractivity contribution in [3.05, 3.63) is 0 Å². The lowest BCUT2D eigenvalue weighted by atomic mass is 10.2. The Kier molecular flexibility index (Phi) is 3.47. The molecule has 0 saturated carbocycles. The number of carbonyl (C=O) groups is 1. The maximum absolute atomic E-state index is 10.6. The molecule has 1 amide bonds. The van der Waals surface area contributed by atoms with Crippen molar-refractivity contribution < 1.29 is 13.2 Å². The second kappa shape index (κ2) is 3.68. The second-order valence-electron chi connectivity index (χ2n) is 2.25. The van der Waals surface area contributed by atoms with E-state index in [1.807, 2.05) is 0 Å². The molecule has 0 aromatic rings. The van der Waals surface area contributed by atoms with Crippen molar-refractivity contribution in [3.63, 3.8) is 0 Å². The highest BCUT2D eigenvalue weighted by Crippen LogP contribution is 1.90. The topological polar surface area (TPSA) is 89.3 Å². The molecule has 5 nitrogen and oxygen atoms in total. The van der Waals surface area contributed by atoms with Crippen molar-refractivity contribution in [1.29, 1.82) is 0 Å². The zero-order valence-electron chi connectivity index (χ0n) is 6.49. The molecular weight excluding hydrogens is 168 g/mol. The Morgan fingerprint density at radius 2 is 2.09 bits per heavy atom. The Balaban J connectivity index is 4.22. The Morgan fingerprint density at radius 3 is 2.18 bits per heavy atom. The Hall–Kier alpha value is -0.620. The first-order valence-electron chi connectivity index (χ1n) is 3.13. The van der Waals surface area contributed by atoms with E-state index in [9.17, 15) is 13.2 Å². The van der Waals surface area contributed by atoms with Crippen LogP contribution in [0.2, 0.25) is 0 Å². The van der Waals surface area contributed by atoms with Gasteiger partial charge in [-0.1, -0.05) is 6.92 Å². The van der Waals surface area contributed by atoms with Crippen molar-refractivity contribution in [2.75, 3.05) is 6.26 Å². The molecule has 0 spiro atoms. The van der Waals surface area contributed by atoms with Crippen molar-refractivity contribution in [1.82, 2.24) is 4.72 Å². The van der Waals surface area contributed by atoms with E-state index >= 15 is 0 Å². The van der Waals surface area contributed by atoms with Gasteiger partial charge in [-0.3, -0.25) is 4.79 Å². The van der Waals surface area contributed by atoms with E-state index in [1.165, 1.54) is 0 Å². The highest BCUT2D eigenvalue weighted by molar-refractivity contribution is 7.88. The third-order valence-electron chi connectivity index (χ3n) is 1.11. The number of amides is 1. The van der Waals surface area contributed by atoms with Gasteiger partial charge in [0.1, 0.15) is 0 Å². The van der Waals surface area contributed by atoms with Crippen LogP contribution in [-0.4, -0.2) is 26.6 Å². The van der Waals surface area contributed by atoms with Crippen LogP contribution in [0.25, 0.3) is 0 Å². The number of nitrogens with two attached hydrogens (primary N) is 1. The van der Waals surface area contributed by atoms with E-state index in [0.29, 0.717) is 6.42 Å². The molecule has 0 saturated heterocycles. The first-order valence-corrected chi connectivity index (χ1v) is 5.02. The molecule has 0 aliphatic rings. The molecule has 0 aliphatic carbocycles. The summed E-state index contributed by atoms with van der Waals surface area (Å²) in [6.45, 7) is 1.67. The lowest BCUT2D eigenvalue weighted by molar-refractivity contribution is -0.119. The summed E-state index contributed by atoms with van der Waals surface area (Å²) in [6.07, 6.45) is 1.35. The van der Waals surface area contributed by atoms with Crippen LogP contribution in [-0.2, 0) is 14.8 Å². The average Bonchev–Trinajstić information content (AvgIpc) is 1.80. The van der Waals surface area contributed by atoms with E-state index in [4.69, 9.17) is 5.73 Å². The van der Waals surface area contributed by atoms with Crippen LogP contribution in [0.15, 0.2) is 0 Å². The van der Waals surface area contributed by atoms with Gasteiger partial charge in [-0.25, -0.2) is 13.1 Å². The largest absolute Gasteiger partial charge is 0.368 e. The molecular formula is C5H12N2O3S. The van der Waals surface area contributed by atoms with Gasteiger partial charge in [-0.2, -0.15) is 0 Å². The maximum atomic E-state index is 10.6. The van der Waals surface area contributed by atoms with Crippen LogP contribution >= 0.6 is 0 Å². The van der Waals surface area contributed by atoms with Crippen LogP contribution in [0.5, 0.6) is 0 Å². The van der Waals surface area contributed by atoms with Gasteiger partial charge in [0.2, 0.25) is 15.9 Å². The lowest BCUT2D eigenvalue weighted by Crippen LogP contribution is -2.43. The van der Waals surface area contributed by atoms with Gasteiger partial charge in [-0.05, 0) is 6.42 Å². The minimum absolute atomic E-state index is 0.363. The highest BCUT2D eigenvalue weighted by Gasteiger charge is 2.16. The zero-order chi connectivity index (χ0) is 9.07. The first-order chi connectivity index (χ1) is 4.87. The summed E-state index contributed by atoms with van der Waals surface area (Å²) < 4.78 is 23.3. The lowest BCUT2D eigenvalue weighted by Gasteiger charge is -2.10. The molecule has 11 heavy (non-hydrogen) atoms. The van der Waals surface area contributed by atoms with Crippen molar-refractivity contribution in [2.45, 2.75) is 19.4 Å². The summed E-state index contributed by atoms with van der Waals surface area (Å²) in [5.74, 6) is -0.655. The molecule has 0 radical (unpaired) electrons. The third-order valence-corrected chi connectivity index (χ3v) is 1.82. The quantitative estimate of drug-likeness (QED) is 0.569. The van der Waals surface area contributed by atoms with Gasteiger partial charge >= 0.3 is 0 Å². The van der Waals surface area contributed by atoms with Crippen molar-refractivity contribution in [2.24, 2.45) is 5.73 Å². The van der Waals surface area contributed by atoms with Gasteiger partial charge in [0.15, 0.2) is 0 Å². The SMILES string of the molecule is CC[C@H](NS(C)(=O)=O)C(N)=O. The molecule has 0 fully saturated rings. The number of carbonyl (C=O) groups excluding carboxylic acids is 1. The number of primary amides is 1. The van der Waals surface area contributed by atoms with Gasteiger partial charge in [0, 0.05) is 0 Å². The van der Waals surface area contributed by atoms with Crippen molar-refractivity contribution >= 4 is 15.9 Å². The zero-order valence-corrected chi connectivity index (χ0v) is 7.31. The highest BCUT2D eigenvalue weighted by atomic mass is 32.2. The molecule has 0 bridgehead atoms. The van der Waals surface area contributed by atoms with E-state index in [0.717, 1.165) is 6.26 Å².